The lowest BCUT2D eigenvalue weighted by Crippen LogP contribution is -2.38. The van der Waals surface area contributed by atoms with Crippen LogP contribution in [0.3, 0.4) is 0 Å². The van der Waals surface area contributed by atoms with E-state index < -0.39 is 10.0 Å². The topological polar surface area (TPSA) is 130 Å². The molecule has 0 spiro atoms. The number of hydrogen-bond donors (Lipinski definition) is 4. The molecule has 0 unspecified atom stereocenters. The second-order valence-electron chi connectivity index (χ2n) is 12.1. The van der Waals surface area contributed by atoms with E-state index in [0.29, 0.717) is 24.4 Å². The van der Waals surface area contributed by atoms with Crippen molar-refractivity contribution in [1.82, 2.24) is 10.6 Å². The predicted molar refractivity (Wildman–Crippen MR) is 177 cm³/mol. The van der Waals surface area contributed by atoms with Crippen LogP contribution >= 0.6 is 0 Å². The van der Waals surface area contributed by atoms with Gasteiger partial charge in [-0.05, 0) is 109 Å². The molecule has 5 rings (SSSR count). The summed E-state index contributed by atoms with van der Waals surface area (Å²) in [5.41, 5.74) is 13.2. The number of carbonyl (C=O) groups excluding carboxylic acids is 2. The molecule has 0 bridgehead atoms. The van der Waals surface area contributed by atoms with Crippen LogP contribution in [-0.2, 0) is 45.3 Å². The smallest absolute Gasteiger partial charge is 0.261 e. The number of aryl methyl sites for hydroxylation is 2. The maximum atomic E-state index is 12.7. The molecular formula is C35H46N4O4S. The number of amides is 2. The summed E-state index contributed by atoms with van der Waals surface area (Å²) in [6, 6.07) is 19.1. The van der Waals surface area contributed by atoms with E-state index in [4.69, 9.17) is 5.73 Å². The van der Waals surface area contributed by atoms with E-state index in [9.17, 15) is 18.0 Å². The van der Waals surface area contributed by atoms with Gasteiger partial charge in [-0.25, -0.2) is 8.42 Å². The molecule has 0 radical (unpaired) electrons. The van der Waals surface area contributed by atoms with Crippen molar-refractivity contribution < 1.29 is 18.0 Å². The summed E-state index contributed by atoms with van der Waals surface area (Å²) in [6.07, 6.45) is 6.51. The number of nitrogen functional groups attached to an aromatic ring is 1. The first-order valence-corrected chi connectivity index (χ1v) is 17.2. The Morgan fingerprint density at radius 3 is 1.82 bits per heavy atom. The van der Waals surface area contributed by atoms with Gasteiger partial charge in [0.05, 0.1) is 4.90 Å². The number of hydrogen-bond acceptors (Lipinski definition) is 5. The molecular weight excluding hydrogens is 572 g/mol. The minimum atomic E-state index is -3.64. The van der Waals surface area contributed by atoms with Gasteiger partial charge in [0.2, 0.25) is 11.8 Å². The Labute approximate surface area is 262 Å². The maximum absolute atomic E-state index is 12.7. The van der Waals surface area contributed by atoms with Crippen molar-refractivity contribution >= 4 is 33.2 Å². The molecule has 2 aliphatic rings. The largest absolute Gasteiger partial charge is 0.399 e. The summed E-state index contributed by atoms with van der Waals surface area (Å²) in [7, 11) is -3.64. The van der Waals surface area contributed by atoms with Crippen molar-refractivity contribution in [3.63, 3.8) is 0 Å². The zero-order valence-electron chi connectivity index (χ0n) is 26.3. The standard InChI is InChI=1S/C22H28N2O3S.C13H18N2O/c1-4-22(25)23-19-9-5-17-6-10-20(14-18(17)13-19)24-28(26,27)21-11-7-16(8-12-21)15(2)3;1-2-13(16)15-12-6-4-9-3-5-11(14)7-10(9)8-12/h6-8,10-12,14-15,19,24H,4-5,9,13H2,1-3H3,(H,23,25);3,5,7,12H,2,4,6,8,14H2,1H3,(H,15,16)/t19-;12-/m11/s1. The Hall–Kier alpha value is -3.85. The van der Waals surface area contributed by atoms with Crippen molar-refractivity contribution in [2.75, 3.05) is 10.5 Å². The van der Waals surface area contributed by atoms with E-state index in [0.717, 1.165) is 55.3 Å². The second-order valence-corrected chi connectivity index (χ2v) is 13.7. The first-order chi connectivity index (χ1) is 21.0. The van der Waals surface area contributed by atoms with Crippen LogP contribution in [0.4, 0.5) is 11.4 Å². The first-order valence-electron chi connectivity index (χ1n) is 15.7. The molecule has 44 heavy (non-hydrogen) atoms. The van der Waals surface area contributed by atoms with Gasteiger partial charge < -0.3 is 16.4 Å². The van der Waals surface area contributed by atoms with Gasteiger partial charge in [0.15, 0.2) is 0 Å². The van der Waals surface area contributed by atoms with Crippen molar-refractivity contribution in [2.24, 2.45) is 0 Å². The van der Waals surface area contributed by atoms with E-state index in [1.807, 2.05) is 56.3 Å². The number of carbonyl (C=O) groups is 2. The van der Waals surface area contributed by atoms with Crippen molar-refractivity contribution in [2.45, 2.75) is 102 Å². The summed E-state index contributed by atoms with van der Waals surface area (Å²) < 4.78 is 28.1. The zero-order valence-corrected chi connectivity index (χ0v) is 27.1. The summed E-state index contributed by atoms with van der Waals surface area (Å²) in [6.45, 7) is 7.87. The normalized spacial score (nSPS) is 17.4. The monoisotopic (exact) mass is 618 g/mol. The van der Waals surface area contributed by atoms with E-state index in [1.165, 1.54) is 16.7 Å². The number of nitrogens with two attached hydrogens (primary N) is 1. The Morgan fingerprint density at radius 2 is 1.30 bits per heavy atom. The lowest BCUT2D eigenvalue weighted by molar-refractivity contribution is -0.122. The lowest BCUT2D eigenvalue weighted by Gasteiger charge is -2.26. The lowest BCUT2D eigenvalue weighted by atomic mass is 9.88. The number of sulfonamides is 1. The van der Waals surface area contributed by atoms with Crippen LogP contribution in [0.25, 0.3) is 0 Å². The average Bonchev–Trinajstić information content (AvgIpc) is 3.00. The maximum Gasteiger partial charge on any atom is 0.261 e. The number of fused-ring (bicyclic) bond motifs is 2. The molecule has 0 heterocycles. The molecule has 2 amide bonds. The zero-order chi connectivity index (χ0) is 31.9. The van der Waals surface area contributed by atoms with E-state index in [1.54, 1.807) is 12.1 Å². The number of nitrogens with one attached hydrogen (secondary N) is 3. The third-order valence-electron chi connectivity index (χ3n) is 8.38. The molecule has 0 saturated heterocycles. The van der Waals surface area contributed by atoms with E-state index >= 15 is 0 Å². The van der Waals surface area contributed by atoms with Gasteiger partial charge in [-0.1, -0.05) is 52.0 Å². The third kappa shape index (κ3) is 8.85. The van der Waals surface area contributed by atoms with Gasteiger partial charge in [-0.2, -0.15) is 0 Å². The van der Waals surface area contributed by atoms with Gasteiger partial charge in [0.25, 0.3) is 10.0 Å². The van der Waals surface area contributed by atoms with Gasteiger partial charge in [-0.3, -0.25) is 14.3 Å². The summed E-state index contributed by atoms with van der Waals surface area (Å²) in [5, 5.41) is 6.09. The Balaban J connectivity index is 0.000000233. The van der Waals surface area contributed by atoms with Gasteiger partial charge in [-0.15, -0.1) is 0 Å². The van der Waals surface area contributed by atoms with Crippen molar-refractivity contribution in [1.29, 1.82) is 0 Å². The fourth-order valence-electron chi connectivity index (χ4n) is 5.75. The minimum absolute atomic E-state index is 0.0511. The molecule has 9 heteroatoms. The molecule has 236 valence electrons. The molecule has 2 atom stereocenters. The molecule has 0 saturated carbocycles. The molecule has 3 aromatic rings. The Bertz CT molecular complexity index is 1570. The molecule has 3 aromatic carbocycles. The van der Waals surface area contributed by atoms with E-state index in [-0.39, 0.29) is 28.8 Å². The quantitative estimate of drug-likeness (QED) is 0.243. The minimum Gasteiger partial charge on any atom is -0.399 e. The van der Waals surface area contributed by atoms with Crippen LogP contribution in [0.5, 0.6) is 0 Å². The van der Waals surface area contributed by atoms with E-state index in [2.05, 4.69) is 35.3 Å². The number of anilines is 2. The molecule has 2 aliphatic carbocycles. The van der Waals surface area contributed by atoms with Gasteiger partial charge in [0, 0.05) is 36.3 Å². The third-order valence-corrected chi connectivity index (χ3v) is 9.77. The van der Waals surface area contributed by atoms with Crippen LogP contribution < -0.4 is 21.1 Å². The van der Waals surface area contributed by atoms with Gasteiger partial charge in [0.1, 0.15) is 0 Å². The molecule has 5 N–H and O–H groups in total. The highest BCUT2D eigenvalue weighted by molar-refractivity contribution is 7.92. The van der Waals surface area contributed by atoms with Crippen LogP contribution in [0.2, 0.25) is 0 Å². The fourth-order valence-corrected chi connectivity index (χ4v) is 6.80. The molecule has 0 aromatic heterocycles. The van der Waals surface area contributed by atoms with Crippen LogP contribution in [0.1, 0.15) is 87.1 Å². The predicted octanol–water partition coefficient (Wildman–Crippen LogP) is 5.65. The highest BCUT2D eigenvalue weighted by Crippen LogP contribution is 2.27. The fraction of sp³-hybridized carbons (Fsp3) is 0.429. The highest BCUT2D eigenvalue weighted by Gasteiger charge is 2.22. The Morgan fingerprint density at radius 1 is 0.773 bits per heavy atom. The SMILES string of the molecule is CCC(=O)N[C@@H]1CCc2ccc(N)cc2C1.CCC(=O)N[C@@H]1CCc2ccc(NS(=O)(=O)c3ccc(C(C)C)cc3)cc2C1. The van der Waals surface area contributed by atoms with Crippen LogP contribution in [0, 0.1) is 0 Å². The number of rotatable bonds is 8. The molecule has 8 nitrogen and oxygen atoms in total. The molecule has 0 aliphatic heterocycles. The van der Waals surface area contributed by atoms with Crippen molar-refractivity contribution in [3.05, 3.63) is 88.5 Å². The average molecular weight is 619 g/mol. The summed E-state index contributed by atoms with van der Waals surface area (Å²) in [5.74, 6) is 0.541. The van der Waals surface area contributed by atoms with Gasteiger partial charge >= 0.3 is 0 Å². The van der Waals surface area contributed by atoms with Crippen LogP contribution in [0.15, 0.2) is 65.6 Å². The first kappa shape index (κ1) is 33.1. The second kappa shape index (κ2) is 14.8. The molecule has 0 fully saturated rings. The Kier molecular flexibility index (Phi) is 11.1. The highest BCUT2D eigenvalue weighted by atomic mass is 32.2. The van der Waals surface area contributed by atoms with Crippen LogP contribution in [-0.4, -0.2) is 32.3 Å². The van der Waals surface area contributed by atoms with Crippen molar-refractivity contribution in [3.8, 4) is 0 Å². The summed E-state index contributed by atoms with van der Waals surface area (Å²) in [4.78, 5) is 23.2. The summed E-state index contributed by atoms with van der Waals surface area (Å²) >= 11 is 0. The number of benzene rings is 3.